The fourth-order valence-corrected chi connectivity index (χ4v) is 3.02. The average Bonchev–Trinajstić information content (AvgIpc) is 2.64. The molecule has 0 atom stereocenters. The van der Waals surface area contributed by atoms with Crippen LogP contribution in [0, 0.1) is 0 Å². The number of halogens is 2. The monoisotopic (exact) mass is 393 g/mol. The number of benzene rings is 2. The van der Waals surface area contributed by atoms with Crippen molar-refractivity contribution in [1.29, 1.82) is 0 Å². The van der Waals surface area contributed by atoms with Crippen molar-refractivity contribution in [1.82, 2.24) is 5.32 Å². The van der Waals surface area contributed by atoms with Crippen molar-refractivity contribution in [2.75, 3.05) is 6.61 Å². The van der Waals surface area contributed by atoms with Crippen LogP contribution < -0.4 is 10.1 Å². The van der Waals surface area contributed by atoms with Gasteiger partial charge < -0.3 is 10.1 Å². The van der Waals surface area contributed by atoms with Gasteiger partial charge in [0.25, 0.3) is 5.91 Å². The molecular weight excluding hydrogens is 369 g/mol. The molecule has 140 valence electrons. The van der Waals surface area contributed by atoms with Gasteiger partial charge in [0, 0.05) is 22.2 Å². The lowest BCUT2D eigenvalue weighted by Gasteiger charge is -2.09. The van der Waals surface area contributed by atoms with Gasteiger partial charge in [-0.25, -0.2) is 0 Å². The minimum Gasteiger partial charge on any atom is -0.494 e. The van der Waals surface area contributed by atoms with Crippen LogP contribution in [0.25, 0.3) is 0 Å². The molecule has 1 N–H and O–H groups in total. The lowest BCUT2D eigenvalue weighted by molar-refractivity contribution is 0.0951. The summed E-state index contributed by atoms with van der Waals surface area (Å²) in [6.07, 6.45) is 6.04. The van der Waals surface area contributed by atoms with Gasteiger partial charge >= 0.3 is 0 Å². The van der Waals surface area contributed by atoms with Gasteiger partial charge in [-0.3, -0.25) is 4.79 Å². The van der Waals surface area contributed by atoms with E-state index in [0.29, 0.717) is 28.8 Å². The van der Waals surface area contributed by atoms with Crippen LogP contribution in [0.15, 0.2) is 42.5 Å². The minimum absolute atomic E-state index is 0.151. The van der Waals surface area contributed by atoms with E-state index in [4.69, 9.17) is 27.9 Å². The Morgan fingerprint density at radius 2 is 1.73 bits per heavy atom. The van der Waals surface area contributed by atoms with Crippen LogP contribution >= 0.6 is 23.2 Å². The quantitative estimate of drug-likeness (QED) is 0.482. The molecule has 0 saturated heterocycles. The molecule has 2 aromatic carbocycles. The van der Waals surface area contributed by atoms with Crippen LogP contribution in [0.2, 0.25) is 10.0 Å². The molecule has 0 heterocycles. The molecule has 0 aliphatic rings. The topological polar surface area (TPSA) is 38.3 Å². The van der Waals surface area contributed by atoms with Crippen LogP contribution in [0.5, 0.6) is 5.75 Å². The molecular formula is C21H25Cl2NO2. The van der Waals surface area contributed by atoms with Crippen LogP contribution in [-0.4, -0.2) is 12.5 Å². The van der Waals surface area contributed by atoms with E-state index >= 15 is 0 Å². The first-order valence-corrected chi connectivity index (χ1v) is 9.80. The average molecular weight is 394 g/mol. The highest BCUT2D eigenvalue weighted by Gasteiger charge is 2.07. The lowest BCUT2D eigenvalue weighted by Crippen LogP contribution is -2.22. The van der Waals surface area contributed by atoms with E-state index < -0.39 is 0 Å². The third-order valence-corrected chi connectivity index (χ3v) is 4.67. The van der Waals surface area contributed by atoms with Crippen LogP contribution in [0.4, 0.5) is 0 Å². The molecule has 0 aliphatic carbocycles. The van der Waals surface area contributed by atoms with Crippen LogP contribution in [0.1, 0.15) is 54.9 Å². The summed E-state index contributed by atoms with van der Waals surface area (Å²) in [6.45, 7) is 3.27. The van der Waals surface area contributed by atoms with E-state index in [9.17, 15) is 4.79 Å². The molecule has 0 saturated carbocycles. The maximum absolute atomic E-state index is 12.2. The van der Waals surface area contributed by atoms with Crippen LogP contribution in [0.3, 0.4) is 0 Å². The Morgan fingerprint density at radius 1 is 1.00 bits per heavy atom. The number of unbranched alkanes of at least 4 members (excludes halogenated alkanes) is 4. The summed E-state index contributed by atoms with van der Waals surface area (Å²) in [5, 5.41) is 3.98. The second-order valence-corrected chi connectivity index (χ2v) is 7.05. The molecule has 0 bridgehead atoms. The van der Waals surface area contributed by atoms with E-state index in [1.54, 1.807) is 24.3 Å². The fourth-order valence-electron chi connectivity index (χ4n) is 2.54. The SMILES string of the molecule is CCCCCCCOc1ccc(C(=O)NCc2ccc(Cl)cc2Cl)cc1. The van der Waals surface area contributed by atoms with Crippen molar-refractivity contribution < 1.29 is 9.53 Å². The molecule has 0 radical (unpaired) electrons. The van der Waals surface area contributed by atoms with Gasteiger partial charge in [0.2, 0.25) is 0 Å². The number of hydrogen-bond donors (Lipinski definition) is 1. The standard InChI is InChI=1S/C21H25Cl2NO2/c1-2-3-4-5-6-13-26-19-11-8-16(9-12-19)21(25)24-15-17-7-10-18(22)14-20(17)23/h7-12,14H,2-6,13,15H2,1H3,(H,24,25). The summed E-state index contributed by atoms with van der Waals surface area (Å²) in [7, 11) is 0. The largest absolute Gasteiger partial charge is 0.494 e. The van der Waals surface area contributed by atoms with E-state index in [-0.39, 0.29) is 5.91 Å². The van der Waals surface area contributed by atoms with Crippen molar-refractivity contribution in [3.05, 3.63) is 63.6 Å². The Labute approximate surface area is 165 Å². The highest BCUT2D eigenvalue weighted by atomic mass is 35.5. The summed E-state index contributed by atoms with van der Waals surface area (Å²) in [6, 6.07) is 12.4. The van der Waals surface area contributed by atoms with Gasteiger partial charge in [-0.15, -0.1) is 0 Å². The Balaban J connectivity index is 1.77. The maximum atomic E-state index is 12.2. The van der Waals surface area contributed by atoms with Crippen LogP contribution in [-0.2, 0) is 6.54 Å². The zero-order chi connectivity index (χ0) is 18.8. The highest BCUT2D eigenvalue weighted by molar-refractivity contribution is 6.35. The van der Waals surface area contributed by atoms with E-state index in [0.717, 1.165) is 17.7 Å². The first kappa shape index (κ1) is 20.6. The lowest BCUT2D eigenvalue weighted by atomic mass is 10.1. The Hall–Kier alpha value is -1.71. The molecule has 0 fully saturated rings. The Morgan fingerprint density at radius 3 is 2.42 bits per heavy atom. The first-order valence-electron chi connectivity index (χ1n) is 9.05. The zero-order valence-electron chi connectivity index (χ0n) is 15.1. The van der Waals surface area contributed by atoms with Crippen molar-refractivity contribution in [3.8, 4) is 5.75 Å². The molecule has 0 spiro atoms. The molecule has 26 heavy (non-hydrogen) atoms. The van der Waals surface area contributed by atoms with Crippen molar-refractivity contribution in [2.24, 2.45) is 0 Å². The van der Waals surface area contributed by atoms with E-state index in [1.165, 1.54) is 25.7 Å². The fraction of sp³-hybridized carbons (Fsp3) is 0.381. The van der Waals surface area contributed by atoms with Gasteiger partial charge in [-0.05, 0) is 48.4 Å². The molecule has 5 heteroatoms. The predicted molar refractivity (Wildman–Crippen MR) is 108 cm³/mol. The number of carbonyl (C=O) groups excluding carboxylic acids is 1. The highest BCUT2D eigenvalue weighted by Crippen LogP contribution is 2.21. The number of hydrogen-bond acceptors (Lipinski definition) is 2. The third-order valence-electron chi connectivity index (χ3n) is 4.09. The predicted octanol–water partition coefficient (Wildman–Crippen LogP) is 6.27. The summed E-state index contributed by atoms with van der Waals surface area (Å²) < 4.78 is 5.72. The molecule has 3 nitrogen and oxygen atoms in total. The molecule has 0 unspecified atom stereocenters. The second-order valence-electron chi connectivity index (χ2n) is 6.21. The molecule has 0 aromatic heterocycles. The zero-order valence-corrected chi connectivity index (χ0v) is 16.6. The maximum Gasteiger partial charge on any atom is 0.251 e. The number of nitrogens with one attached hydrogen (secondary N) is 1. The van der Waals surface area contributed by atoms with Crippen molar-refractivity contribution >= 4 is 29.1 Å². The van der Waals surface area contributed by atoms with Gasteiger partial charge in [0.15, 0.2) is 0 Å². The summed E-state index contributed by atoms with van der Waals surface area (Å²) in [5.74, 6) is 0.639. The van der Waals surface area contributed by atoms with Crippen molar-refractivity contribution in [2.45, 2.75) is 45.6 Å². The Kier molecular flexibility index (Phi) is 8.79. The van der Waals surface area contributed by atoms with Gasteiger partial charge in [-0.2, -0.15) is 0 Å². The molecule has 2 aromatic rings. The summed E-state index contributed by atoms with van der Waals surface area (Å²) >= 11 is 12.0. The summed E-state index contributed by atoms with van der Waals surface area (Å²) in [4.78, 5) is 12.2. The smallest absolute Gasteiger partial charge is 0.251 e. The number of carbonyl (C=O) groups is 1. The molecule has 1 amide bonds. The number of amides is 1. The molecule has 0 aliphatic heterocycles. The first-order chi connectivity index (χ1) is 12.6. The number of ether oxygens (including phenoxy) is 1. The van der Waals surface area contributed by atoms with E-state index in [2.05, 4.69) is 12.2 Å². The van der Waals surface area contributed by atoms with Gasteiger partial charge in [0.05, 0.1) is 6.61 Å². The second kappa shape index (κ2) is 11.1. The summed E-state index contributed by atoms with van der Waals surface area (Å²) in [5.41, 5.74) is 1.41. The van der Waals surface area contributed by atoms with Gasteiger partial charge in [0.1, 0.15) is 5.75 Å². The minimum atomic E-state index is -0.151. The van der Waals surface area contributed by atoms with Gasteiger partial charge in [-0.1, -0.05) is 61.9 Å². The number of rotatable bonds is 10. The Bertz CT molecular complexity index is 702. The third kappa shape index (κ3) is 6.89. The normalized spacial score (nSPS) is 10.6. The van der Waals surface area contributed by atoms with Crippen molar-refractivity contribution in [3.63, 3.8) is 0 Å². The van der Waals surface area contributed by atoms with E-state index in [1.807, 2.05) is 18.2 Å². The molecule has 2 rings (SSSR count).